The van der Waals surface area contributed by atoms with Crippen LogP contribution in [0.3, 0.4) is 0 Å². The van der Waals surface area contributed by atoms with Crippen molar-refractivity contribution in [3.8, 4) is 21.9 Å². The Morgan fingerprint density at radius 3 is 2.15 bits per heavy atom. The van der Waals surface area contributed by atoms with Crippen molar-refractivity contribution >= 4 is 28.2 Å². The normalized spacial score (nSPS) is 10.3. The third-order valence-electron chi connectivity index (χ3n) is 3.86. The van der Waals surface area contributed by atoms with Crippen molar-refractivity contribution in [2.45, 2.75) is 0 Å². The molecule has 0 aliphatic rings. The molecule has 2 aromatic carbocycles. The molecular formula is C20H17NO5S. The highest BCUT2D eigenvalue weighted by Gasteiger charge is 2.19. The third-order valence-corrected chi connectivity index (χ3v) is 4.96. The van der Waals surface area contributed by atoms with E-state index in [1.54, 1.807) is 24.3 Å². The zero-order valence-electron chi connectivity index (χ0n) is 14.7. The lowest BCUT2D eigenvalue weighted by molar-refractivity contribution is 0.0698. The molecule has 0 spiro atoms. The van der Waals surface area contributed by atoms with Crippen molar-refractivity contribution in [3.05, 3.63) is 65.7 Å². The molecule has 0 aliphatic carbocycles. The van der Waals surface area contributed by atoms with Gasteiger partial charge in [0.15, 0.2) is 0 Å². The number of carbonyl (C=O) groups is 2. The number of anilines is 1. The van der Waals surface area contributed by atoms with Gasteiger partial charge in [0.05, 0.1) is 19.8 Å². The second kappa shape index (κ2) is 7.92. The monoisotopic (exact) mass is 383 g/mol. The Bertz CT molecular complexity index is 959. The minimum Gasteiger partial charge on any atom is -0.497 e. The molecule has 6 nitrogen and oxygen atoms in total. The van der Waals surface area contributed by atoms with Crippen LogP contribution in [-0.2, 0) is 0 Å². The maximum atomic E-state index is 12.7. The van der Waals surface area contributed by atoms with Crippen LogP contribution < -0.4 is 14.8 Å². The van der Waals surface area contributed by atoms with Gasteiger partial charge in [-0.25, -0.2) is 4.79 Å². The van der Waals surface area contributed by atoms with Crippen molar-refractivity contribution in [3.63, 3.8) is 0 Å². The summed E-state index contributed by atoms with van der Waals surface area (Å²) < 4.78 is 10.3. The Kier molecular flexibility index (Phi) is 5.42. The number of carboxylic acids is 1. The summed E-state index contributed by atoms with van der Waals surface area (Å²) in [6.07, 6.45) is 0. The average molecular weight is 383 g/mol. The number of ether oxygens (including phenoxy) is 2. The van der Waals surface area contributed by atoms with Crippen LogP contribution in [0.1, 0.15) is 20.7 Å². The number of nitrogens with one attached hydrogen (secondary N) is 1. The van der Waals surface area contributed by atoms with Gasteiger partial charge in [-0.3, -0.25) is 4.79 Å². The fourth-order valence-corrected chi connectivity index (χ4v) is 3.55. The molecule has 1 amide bonds. The van der Waals surface area contributed by atoms with E-state index in [0.29, 0.717) is 17.1 Å². The molecule has 0 bridgehead atoms. The van der Waals surface area contributed by atoms with E-state index in [1.165, 1.54) is 25.6 Å². The molecule has 3 rings (SSSR count). The summed E-state index contributed by atoms with van der Waals surface area (Å²) in [6, 6.07) is 15.7. The summed E-state index contributed by atoms with van der Waals surface area (Å²) >= 11 is 1.21. The number of methoxy groups -OCH3 is 2. The number of benzene rings is 2. The number of rotatable bonds is 6. The average Bonchev–Trinajstić information content (AvgIpc) is 3.12. The SMILES string of the molecule is COc1cc(OC)cc(C(=O)Nc2sc(-c3ccccc3)cc2C(=O)O)c1. The van der Waals surface area contributed by atoms with Crippen LogP contribution in [0, 0.1) is 0 Å². The summed E-state index contributed by atoms with van der Waals surface area (Å²) in [5, 5.41) is 12.4. The predicted octanol–water partition coefficient (Wildman–Crippen LogP) is 4.38. The molecule has 3 aromatic rings. The van der Waals surface area contributed by atoms with Crippen LogP contribution in [0.15, 0.2) is 54.6 Å². The van der Waals surface area contributed by atoms with Crippen molar-refractivity contribution < 1.29 is 24.2 Å². The number of carboxylic acid groups (broad SMARTS) is 1. The van der Waals surface area contributed by atoms with Crippen molar-refractivity contribution in [2.75, 3.05) is 19.5 Å². The fraction of sp³-hybridized carbons (Fsp3) is 0.100. The molecule has 0 atom stereocenters. The highest BCUT2D eigenvalue weighted by Crippen LogP contribution is 2.36. The standard InChI is InChI=1S/C20H17NO5S/c1-25-14-8-13(9-15(10-14)26-2)18(22)21-19-16(20(23)24)11-17(27-19)12-6-4-3-5-7-12/h3-11H,1-2H3,(H,21,22)(H,23,24). The van der Waals surface area contributed by atoms with E-state index in [2.05, 4.69) is 5.32 Å². The second-order valence-corrected chi connectivity index (χ2v) is 6.63. The maximum absolute atomic E-state index is 12.7. The van der Waals surface area contributed by atoms with Crippen molar-refractivity contribution in [1.29, 1.82) is 0 Å². The molecule has 138 valence electrons. The summed E-state index contributed by atoms with van der Waals surface area (Å²) in [5.74, 6) is -0.619. The van der Waals surface area contributed by atoms with Crippen LogP contribution in [0.4, 0.5) is 5.00 Å². The minimum absolute atomic E-state index is 0.0436. The van der Waals surface area contributed by atoms with Crippen molar-refractivity contribution in [1.82, 2.24) is 0 Å². The lowest BCUT2D eigenvalue weighted by atomic mass is 10.1. The van der Waals surface area contributed by atoms with Gasteiger partial charge >= 0.3 is 5.97 Å². The van der Waals surface area contributed by atoms with Gasteiger partial charge in [0.2, 0.25) is 0 Å². The first kappa shape index (κ1) is 18.5. The molecule has 1 heterocycles. The van der Waals surface area contributed by atoms with Crippen LogP contribution in [-0.4, -0.2) is 31.2 Å². The molecule has 0 unspecified atom stereocenters. The zero-order valence-corrected chi connectivity index (χ0v) is 15.5. The Hall–Kier alpha value is -3.32. The largest absolute Gasteiger partial charge is 0.497 e. The lowest BCUT2D eigenvalue weighted by Crippen LogP contribution is -2.13. The molecule has 0 radical (unpaired) electrons. The first-order chi connectivity index (χ1) is 13.0. The molecule has 27 heavy (non-hydrogen) atoms. The van der Waals surface area contributed by atoms with Gasteiger partial charge in [-0.05, 0) is 23.8 Å². The van der Waals surface area contributed by atoms with Crippen LogP contribution >= 0.6 is 11.3 Å². The van der Waals surface area contributed by atoms with Gasteiger partial charge in [-0.1, -0.05) is 30.3 Å². The molecule has 0 fully saturated rings. The van der Waals surface area contributed by atoms with Gasteiger partial charge in [-0.15, -0.1) is 11.3 Å². The predicted molar refractivity (Wildman–Crippen MR) is 104 cm³/mol. The fourth-order valence-electron chi connectivity index (χ4n) is 2.50. The highest BCUT2D eigenvalue weighted by atomic mass is 32.1. The zero-order chi connectivity index (χ0) is 19.4. The van der Waals surface area contributed by atoms with E-state index in [0.717, 1.165) is 10.4 Å². The molecule has 7 heteroatoms. The Balaban J connectivity index is 1.94. The van der Waals surface area contributed by atoms with E-state index in [9.17, 15) is 14.7 Å². The van der Waals surface area contributed by atoms with Crippen molar-refractivity contribution in [2.24, 2.45) is 0 Å². The smallest absolute Gasteiger partial charge is 0.338 e. The summed E-state index contributed by atoms with van der Waals surface area (Å²) in [4.78, 5) is 25.0. The van der Waals surface area contributed by atoms with Crippen LogP contribution in [0.5, 0.6) is 11.5 Å². The Morgan fingerprint density at radius 1 is 0.963 bits per heavy atom. The number of aromatic carboxylic acids is 1. The number of amides is 1. The highest BCUT2D eigenvalue weighted by molar-refractivity contribution is 7.20. The second-order valence-electron chi connectivity index (χ2n) is 5.58. The third kappa shape index (κ3) is 4.09. The van der Waals surface area contributed by atoms with E-state index in [-0.39, 0.29) is 10.6 Å². The number of carbonyl (C=O) groups excluding carboxylic acids is 1. The maximum Gasteiger partial charge on any atom is 0.338 e. The van der Waals surface area contributed by atoms with Crippen LogP contribution in [0.2, 0.25) is 0 Å². The summed E-state index contributed by atoms with van der Waals surface area (Å²) in [7, 11) is 2.98. The van der Waals surface area contributed by atoms with Gasteiger partial charge in [0.25, 0.3) is 5.91 Å². The molecule has 0 aliphatic heterocycles. The number of hydrogen-bond donors (Lipinski definition) is 2. The molecule has 0 saturated heterocycles. The molecule has 0 saturated carbocycles. The first-order valence-electron chi connectivity index (χ1n) is 7.98. The summed E-state index contributed by atoms with van der Waals surface area (Å²) in [5.41, 5.74) is 1.23. The molecule has 2 N–H and O–H groups in total. The first-order valence-corrected chi connectivity index (χ1v) is 8.80. The van der Waals surface area contributed by atoms with Gasteiger partial charge in [0.1, 0.15) is 16.5 Å². The molecular weight excluding hydrogens is 366 g/mol. The Morgan fingerprint density at radius 2 is 1.59 bits per heavy atom. The minimum atomic E-state index is -1.10. The van der Waals surface area contributed by atoms with Gasteiger partial charge in [0, 0.05) is 16.5 Å². The molecule has 1 aromatic heterocycles. The quantitative estimate of drug-likeness (QED) is 0.660. The van der Waals surface area contributed by atoms with Crippen LogP contribution in [0.25, 0.3) is 10.4 Å². The lowest BCUT2D eigenvalue weighted by Gasteiger charge is -2.09. The number of hydrogen-bond acceptors (Lipinski definition) is 5. The number of thiophene rings is 1. The van der Waals surface area contributed by atoms with E-state index >= 15 is 0 Å². The van der Waals surface area contributed by atoms with Gasteiger partial charge < -0.3 is 19.9 Å². The topological polar surface area (TPSA) is 84.9 Å². The Labute approximate surface area is 160 Å². The van der Waals surface area contributed by atoms with Gasteiger partial charge in [-0.2, -0.15) is 0 Å². The van der Waals surface area contributed by atoms with E-state index < -0.39 is 11.9 Å². The van der Waals surface area contributed by atoms with E-state index in [4.69, 9.17) is 9.47 Å². The summed E-state index contributed by atoms with van der Waals surface area (Å²) in [6.45, 7) is 0. The van der Waals surface area contributed by atoms with E-state index in [1.807, 2.05) is 30.3 Å².